The van der Waals surface area contributed by atoms with Crippen LogP contribution in [-0.4, -0.2) is 10.9 Å². The van der Waals surface area contributed by atoms with Crippen molar-refractivity contribution in [3.63, 3.8) is 0 Å². The predicted octanol–water partition coefficient (Wildman–Crippen LogP) is -0.958. The van der Waals surface area contributed by atoms with E-state index in [-0.39, 0.29) is 17.0 Å². The lowest BCUT2D eigenvalue weighted by Gasteiger charge is -1.79. The van der Waals surface area contributed by atoms with Crippen molar-refractivity contribution < 1.29 is 21.7 Å². The molecule has 0 fully saturated rings. The molecule has 0 radical (unpaired) electrons. The van der Waals surface area contributed by atoms with E-state index in [0.29, 0.717) is 0 Å². The van der Waals surface area contributed by atoms with E-state index in [1.54, 1.807) is 11.3 Å². The normalized spacial score (nSPS) is 17.7. The van der Waals surface area contributed by atoms with Crippen molar-refractivity contribution in [1.82, 2.24) is 5.10 Å². The number of hydrogen-bond donors (Lipinski definition) is 0. The Morgan fingerprint density at radius 2 is 2.42 bits per heavy atom. The first-order chi connectivity index (χ1) is 5.31. The van der Waals surface area contributed by atoms with Crippen LogP contribution in [0.3, 0.4) is 0 Å². The summed E-state index contributed by atoms with van der Waals surface area (Å²) in [7, 11) is 0. The summed E-state index contributed by atoms with van der Waals surface area (Å²) >= 11 is 6.91. The van der Waals surface area contributed by atoms with Gasteiger partial charge in [0.2, 0.25) is 5.70 Å². The van der Waals surface area contributed by atoms with Crippen molar-refractivity contribution in [2.24, 2.45) is 0 Å². The molecule has 0 bridgehead atoms. The SMILES string of the molecule is Cc1n[n+]2c(s1)SCC2=CBr.[Br-]. The highest BCUT2D eigenvalue weighted by Gasteiger charge is 2.30. The number of hydrogen-bond acceptors (Lipinski definition) is 3. The van der Waals surface area contributed by atoms with E-state index in [2.05, 4.69) is 21.0 Å². The second-order valence-electron chi connectivity index (χ2n) is 2.19. The number of rotatable bonds is 0. The fourth-order valence-electron chi connectivity index (χ4n) is 0.918. The molecule has 1 aliphatic rings. The van der Waals surface area contributed by atoms with E-state index in [0.717, 1.165) is 10.8 Å². The quantitative estimate of drug-likeness (QED) is 0.570. The Morgan fingerprint density at radius 1 is 1.67 bits per heavy atom. The molecule has 0 aliphatic carbocycles. The summed E-state index contributed by atoms with van der Waals surface area (Å²) in [4.78, 5) is 1.94. The minimum atomic E-state index is 0. The maximum Gasteiger partial charge on any atom is 0.331 e. The number of thioether (sulfide) groups is 1. The first-order valence-corrected chi connectivity index (χ1v) is 5.85. The van der Waals surface area contributed by atoms with Gasteiger partial charge in [-0.3, -0.25) is 0 Å². The maximum atomic E-state index is 4.36. The van der Waals surface area contributed by atoms with E-state index < -0.39 is 0 Å². The second-order valence-corrected chi connectivity index (χ2v) is 5.05. The van der Waals surface area contributed by atoms with Gasteiger partial charge in [0.05, 0.1) is 10.7 Å². The van der Waals surface area contributed by atoms with Crippen molar-refractivity contribution in [2.75, 3.05) is 5.75 Å². The van der Waals surface area contributed by atoms with E-state index >= 15 is 0 Å². The fraction of sp³-hybridized carbons (Fsp3) is 0.333. The Bertz CT molecular complexity index is 321. The van der Waals surface area contributed by atoms with Gasteiger partial charge in [0.15, 0.2) is 5.01 Å². The van der Waals surface area contributed by atoms with Crippen LogP contribution < -0.4 is 21.7 Å². The number of nitrogens with zero attached hydrogens (tertiary/aromatic N) is 2. The third kappa shape index (κ3) is 1.76. The molecule has 0 saturated carbocycles. The zero-order chi connectivity index (χ0) is 7.84. The van der Waals surface area contributed by atoms with Gasteiger partial charge in [0.25, 0.3) is 0 Å². The minimum absolute atomic E-state index is 0. The molecule has 12 heavy (non-hydrogen) atoms. The van der Waals surface area contributed by atoms with Crippen LogP contribution in [0, 0.1) is 6.92 Å². The van der Waals surface area contributed by atoms with Crippen molar-refractivity contribution in [1.29, 1.82) is 0 Å². The molecule has 0 aromatic carbocycles. The average Bonchev–Trinajstić information content (AvgIpc) is 2.45. The van der Waals surface area contributed by atoms with E-state index in [4.69, 9.17) is 0 Å². The molecule has 0 saturated heterocycles. The van der Waals surface area contributed by atoms with Gasteiger partial charge in [-0.1, -0.05) is 15.9 Å². The molecule has 1 aromatic rings. The Balaban J connectivity index is 0.000000720. The van der Waals surface area contributed by atoms with E-state index in [1.165, 1.54) is 10.0 Å². The lowest BCUT2D eigenvalue weighted by atomic mass is 10.6. The standard InChI is InChI=1S/C6H6BrN2S2.BrH/c1-4-8-9-5(2-7)3-10-6(9)11-4;/h2H,3H2,1H3;1H/q+1;/p-1. The summed E-state index contributed by atoms with van der Waals surface area (Å²) in [5, 5.41) is 5.48. The van der Waals surface area contributed by atoms with Gasteiger partial charge in [0.1, 0.15) is 0 Å². The van der Waals surface area contributed by atoms with Gasteiger partial charge < -0.3 is 17.0 Å². The molecule has 1 aromatic heterocycles. The molecular formula is C6H6Br2N2S2. The molecule has 0 amide bonds. The van der Waals surface area contributed by atoms with Crippen LogP contribution in [0.4, 0.5) is 0 Å². The molecule has 0 N–H and O–H groups in total. The molecule has 2 rings (SSSR count). The molecule has 2 nitrogen and oxygen atoms in total. The largest absolute Gasteiger partial charge is 1.00 e. The summed E-state index contributed by atoms with van der Waals surface area (Å²) in [6, 6.07) is 0. The smallest absolute Gasteiger partial charge is 0.331 e. The van der Waals surface area contributed by atoms with E-state index in [9.17, 15) is 0 Å². The highest BCUT2D eigenvalue weighted by Crippen LogP contribution is 2.29. The highest BCUT2D eigenvalue weighted by atomic mass is 79.9. The summed E-state index contributed by atoms with van der Waals surface area (Å²) in [6.07, 6.45) is 0. The maximum absolute atomic E-state index is 4.36. The molecular weight excluding hydrogens is 324 g/mol. The van der Waals surface area contributed by atoms with Crippen LogP contribution in [0.25, 0.3) is 5.70 Å². The van der Waals surface area contributed by atoms with Crippen molar-refractivity contribution in [3.05, 3.63) is 9.99 Å². The van der Waals surface area contributed by atoms with Crippen LogP contribution in [0.2, 0.25) is 0 Å². The van der Waals surface area contributed by atoms with Crippen molar-refractivity contribution in [3.8, 4) is 0 Å². The summed E-state index contributed by atoms with van der Waals surface area (Å²) < 4.78 is 3.28. The highest BCUT2D eigenvalue weighted by molar-refractivity contribution is 9.11. The first kappa shape index (κ1) is 10.7. The van der Waals surface area contributed by atoms with Gasteiger partial charge >= 0.3 is 4.34 Å². The Kier molecular flexibility index (Phi) is 3.75. The zero-order valence-electron chi connectivity index (χ0n) is 6.25. The molecule has 0 unspecified atom stereocenters. The molecule has 66 valence electrons. The van der Waals surface area contributed by atoms with Crippen LogP contribution in [0.5, 0.6) is 0 Å². The first-order valence-electron chi connectivity index (χ1n) is 3.13. The van der Waals surface area contributed by atoms with Crippen molar-refractivity contribution >= 4 is 44.7 Å². The lowest BCUT2D eigenvalue weighted by Crippen LogP contribution is -3.00. The number of halogens is 2. The van der Waals surface area contributed by atoms with Gasteiger partial charge in [-0.25, -0.2) is 0 Å². The van der Waals surface area contributed by atoms with Crippen LogP contribution >= 0.6 is 39.0 Å². The third-order valence-corrected chi connectivity index (χ3v) is 4.11. The van der Waals surface area contributed by atoms with Crippen LogP contribution in [0.15, 0.2) is 9.32 Å². The molecule has 0 atom stereocenters. The number of aryl methyl sites for hydroxylation is 1. The summed E-state index contributed by atoms with van der Waals surface area (Å²) in [5.41, 5.74) is 1.23. The van der Waals surface area contributed by atoms with Gasteiger partial charge in [-0.15, -0.1) is 0 Å². The van der Waals surface area contributed by atoms with E-state index in [1.807, 2.05) is 28.4 Å². The van der Waals surface area contributed by atoms with Crippen molar-refractivity contribution in [2.45, 2.75) is 11.3 Å². The molecule has 1 aliphatic heterocycles. The fourth-order valence-corrected chi connectivity index (χ4v) is 3.64. The third-order valence-electron chi connectivity index (χ3n) is 1.39. The zero-order valence-corrected chi connectivity index (χ0v) is 11.1. The van der Waals surface area contributed by atoms with Gasteiger partial charge in [0, 0.05) is 5.10 Å². The molecule has 2 heterocycles. The Hall–Kier alpha value is 0.610. The summed E-state index contributed by atoms with van der Waals surface area (Å²) in [5.74, 6) is 1.03. The Labute approximate surface area is 98.0 Å². The predicted molar refractivity (Wildman–Crippen MR) is 51.0 cm³/mol. The van der Waals surface area contributed by atoms with Crippen LogP contribution in [-0.2, 0) is 0 Å². The van der Waals surface area contributed by atoms with Gasteiger partial charge in [-0.05, 0) is 34.7 Å². The number of fused-ring (bicyclic) bond motifs is 1. The monoisotopic (exact) mass is 328 g/mol. The number of aromatic nitrogens is 2. The van der Waals surface area contributed by atoms with Crippen LogP contribution in [0.1, 0.15) is 5.01 Å². The minimum Gasteiger partial charge on any atom is -1.00 e. The second kappa shape index (κ2) is 4.21. The average molecular weight is 330 g/mol. The lowest BCUT2D eigenvalue weighted by molar-refractivity contribution is -0.672. The van der Waals surface area contributed by atoms with Gasteiger partial charge in [-0.2, -0.15) is 0 Å². The molecule has 0 spiro atoms. The summed E-state index contributed by atoms with van der Waals surface area (Å²) in [6.45, 7) is 2.03. The Morgan fingerprint density at radius 3 is 3.08 bits per heavy atom. The molecule has 6 heteroatoms. The topological polar surface area (TPSA) is 16.8 Å².